The van der Waals surface area contributed by atoms with Crippen molar-refractivity contribution < 1.29 is 8.83 Å². The molecule has 0 aliphatic rings. The maximum Gasteiger partial charge on any atom is 0.164 e. The SMILES string of the molecule is c1ccc(-c2cccc(-c3nc(-c4cccc5oc6ccccc6c45)nc(-c4cccc5oc6cc7c8ccccc8n(-c8ccccc8)c7cc6c45)n3)c2)cc1. The molecular weight excluding hydrogens is 701 g/mol. The van der Waals surface area contributed by atoms with Gasteiger partial charge in [-0.3, -0.25) is 0 Å². The Hall–Kier alpha value is -7.83. The van der Waals surface area contributed by atoms with Crippen molar-refractivity contribution in [2.45, 2.75) is 0 Å². The van der Waals surface area contributed by atoms with Crippen LogP contribution in [0.1, 0.15) is 0 Å². The molecule has 0 amide bonds. The van der Waals surface area contributed by atoms with E-state index >= 15 is 0 Å². The number of benzene rings is 8. The number of hydrogen-bond acceptors (Lipinski definition) is 5. The Balaban J connectivity index is 1.14. The Morgan fingerprint density at radius 2 is 0.895 bits per heavy atom. The summed E-state index contributed by atoms with van der Waals surface area (Å²) in [6.45, 7) is 0. The monoisotopic (exact) mass is 730 g/mol. The fraction of sp³-hybridized carbons (Fsp3) is 0. The maximum absolute atomic E-state index is 6.68. The van der Waals surface area contributed by atoms with Gasteiger partial charge in [-0.05, 0) is 65.7 Å². The lowest BCUT2D eigenvalue weighted by Gasteiger charge is -2.11. The van der Waals surface area contributed by atoms with Crippen molar-refractivity contribution in [1.82, 2.24) is 19.5 Å². The van der Waals surface area contributed by atoms with E-state index in [1.54, 1.807) is 0 Å². The Morgan fingerprint density at radius 1 is 0.333 bits per heavy atom. The second kappa shape index (κ2) is 12.3. The molecule has 0 bridgehead atoms. The normalized spacial score (nSPS) is 11.9. The summed E-state index contributed by atoms with van der Waals surface area (Å²) in [6.07, 6.45) is 0. The molecule has 4 aromatic heterocycles. The molecule has 0 saturated carbocycles. The molecule has 0 aliphatic heterocycles. The molecule has 0 atom stereocenters. The molecule has 6 nitrogen and oxygen atoms in total. The maximum atomic E-state index is 6.68. The number of rotatable bonds is 5. The van der Waals surface area contributed by atoms with Gasteiger partial charge in [-0.1, -0.05) is 127 Å². The molecule has 0 N–H and O–H groups in total. The molecule has 4 heterocycles. The third kappa shape index (κ3) is 4.94. The van der Waals surface area contributed by atoms with Crippen molar-refractivity contribution in [2.24, 2.45) is 0 Å². The van der Waals surface area contributed by atoms with E-state index in [0.717, 1.165) is 93.8 Å². The zero-order valence-electron chi connectivity index (χ0n) is 30.4. The van der Waals surface area contributed by atoms with E-state index in [1.807, 2.05) is 48.5 Å². The van der Waals surface area contributed by atoms with Crippen LogP contribution in [0.3, 0.4) is 0 Å². The highest BCUT2D eigenvalue weighted by atomic mass is 16.3. The zero-order chi connectivity index (χ0) is 37.5. The molecule has 0 fully saturated rings. The van der Waals surface area contributed by atoms with Crippen LogP contribution in [0.4, 0.5) is 0 Å². The number of furan rings is 2. The van der Waals surface area contributed by atoms with E-state index in [4.69, 9.17) is 23.8 Å². The van der Waals surface area contributed by atoms with E-state index < -0.39 is 0 Å². The smallest absolute Gasteiger partial charge is 0.164 e. The summed E-state index contributed by atoms with van der Waals surface area (Å²) in [6, 6.07) is 62.6. The predicted molar refractivity (Wildman–Crippen MR) is 230 cm³/mol. The number of hydrogen-bond donors (Lipinski definition) is 0. The van der Waals surface area contributed by atoms with Crippen molar-refractivity contribution in [3.8, 4) is 51.0 Å². The second-order valence-corrected chi connectivity index (χ2v) is 14.4. The number of para-hydroxylation sites is 3. The molecule has 0 aliphatic carbocycles. The summed E-state index contributed by atoms with van der Waals surface area (Å²) in [4.78, 5) is 15.8. The summed E-state index contributed by atoms with van der Waals surface area (Å²) in [5.74, 6) is 1.70. The average Bonchev–Trinajstić information content (AvgIpc) is 3.95. The Kier molecular flexibility index (Phi) is 6.83. The van der Waals surface area contributed by atoms with E-state index in [9.17, 15) is 0 Å². The molecule has 0 radical (unpaired) electrons. The summed E-state index contributed by atoms with van der Waals surface area (Å²) < 4.78 is 15.3. The van der Waals surface area contributed by atoms with E-state index in [-0.39, 0.29) is 0 Å². The van der Waals surface area contributed by atoms with Gasteiger partial charge in [0.25, 0.3) is 0 Å². The lowest BCUT2D eigenvalue weighted by atomic mass is 10.0. The van der Waals surface area contributed by atoms with Gasteiger partial charge in [0.15, 0.2) is 17.5 Å². The molecule has 0 saturated heterocycles. The molecule has 0 unspecified atom stereocenters. The fourth-order valence-corrected chi connectivity index (χ4v) is 8.50. The Labute approximate surface area is 325 Å². The minimum atomic E-state index is 0.557. The first kappa shape index (κ1) is 31.5. The molecule has 57 heavy (non-hydrogen) atoms. The molecule has 8 aromatic carbocycles. The highest BCUT2D eigenvalue weighted by Crippen LogP contribution is 2.42. The Morgan fingerprint density at radius 3 is 1.67 bits per heavy atom. The van der Waals surface area contributed by atoms with Crippen LogP contribution in [0.25, 0.3) is 117 Å². The standard InChI is InChI=1S/C51H30N4O2/c1-3-14-31(15-4-1)32-16-11-17-33(28-32)49-52-50(37-22-12-26-44-47(37)36-21-8-10-25-43(36)56-44)54-51(53-49)38-23-13-27-45-48(38)40-29-42-39(30-46(40)57-45)35-20-7-9-24-41(35)55(42)34-18-5-2-6-19-34/h1-30H. The van der Waals surface area contributed by atoms with Crippen LogP contribution < -0.4 is 0 Å². The third-order valence-corrected chi connectivity index (χ3v) is 11.1. The largest absolute Gasteiger partial charge is 0.456 e. The molecule has 0 spiro atoms. The van der Waals surface area contributed by atoms with Crippen molar-refractivity contribution in [3.05, 3.63) is 182 Å². The van der Waals surface area contributed by atoms with Crippen LogP contribution in [-0.2, 0) is 0 Å². The van der Waals surface area contributed by atoms with Crippen LogP contribution in [0, 0.1) is 0 Å². The van der Waals surface area contributed by atoms with Gasteiger partial charge in [0, 0.05) is 54.7 Å². The van der Waals surface area contributed by atoms with Crippen molar-refractivity contribution in [1.29, 1.82) is 0 Å². The lowest BCUT2D eigenvalue weighted by Crippen LogP contribution is -2.01. The molecule has 12 rings (SSSR count). The quantitative estimate of drug-likeness (QED) is 0.176. The minimum absolute atomic E-state index is 0.557. The third-order valence-electron chi connectivity index (χ3n) is 11.1. The zero-order valence-corrected chi connectivity index (χ0v) is 30.4. The number of nitrogens with zero attached hydrogens (tertiary/aromatic N) is 4. The van der Waals surface area contributed by atoms with E-state index in [0.29, 0.717) is 17.5 Å². The van der Waals surface area contributed by atoms with Gasteiger partial charge in [-0.2, -0.15) is 0 Å². The summed E-state index contributed by atoms with van der Waals surface area (Å²) >= 11 is 0. The Bertz CT molecular complexity index is 3530. The topological polar surface area (TPSA) is 69.9 Å². The van der Waals surface area contributed by atoms with Gasteiger partial charge >= 0.3 is 0 Å². The fourth-order valence-electron chi connectivity index (χ4n) is 8.50. The first-order valence-corrected chi connectivity index (χ1v) is 19.0. The van der Waals surface area contributed by atoms with Gasteiger partial charge in [0.05, 0.1) is 11.0 Å². The first-order valence-electron chi connectivity index (χ1n) is 19.0. The molecular formula is C51H30N4O2. The molecule has 12 aromatic rings. The van der Waals surface area contributed by atoms with Crippen molar-refractivity contribution in [3.63, 3.8) is 0 Å². The van der Waals surface area contributed by atoms with Gasteiger partial charge in [-0.25, -0.2) is 15.0 Å². The van der Waals surface area contributed by atoms with Gasteiger partial charge in [0.2, 0.25) is 0 Å². The highest BCUT2D eigenvalue weighted by Gasteiger charge is 2.22. The van der Waals surface area contributed by atoms with Crippen LogP contribution in [0.2, 0.25) is 0 Å². The number of aromatic nitrogens is 4. The molecule has 266 valence electrons. The van der Waals surface area contributed by atoms with Crippen LogP contribution in [-0.4, -0.2) is 19.5 Å². The van der Waals surface area contributed by atoms with Crippen LogP contribution >= 0.6 is 0 Å². The predicted octanol–water partition coefficient (Wildman–Crippen LogP) is 13.4. The molecule has 6 heteroatoms. The van der Waals surface area contributed by atoms with E-state index in [2.05, 4.69) is 138 Å². The summed E-state index contributed by atoms with van der Waals surface area (Å²) in [7, 11) is 0. The lowest BCUT2D eigenvalue weighted by molar-refractivity contribution is 0.669. The second-order valence-electron chi connectivity index (χ2n) is 14.4. The van der Waals surface area contributed by atoms with Crippen molar-refractivity contribution >= 4 is 65.7 Å². The van der Waals surface area contributed by atoms with Crippen LogP contribution in [0.5, 0.6) is 0 Å². The minimum Gasteiger partial charge on any atom is -0.456 e. The van der Waals surface area contributed by atoms with Gasteiger partial charge in [0.1, 0.15) is 22.3 Å². The van der Waals surface area contributed by atoms with Gasteiger partial charge < -0.3 is 13.4 Å². The van der Waals surface area contributed by atoms with E-state index in [1.165, 1.54) is 5.39 Å². The van der Waals surface area contributed by atoms with Crippen molar-refractivity contribution in [2.75, 3.05) is 0 Å². The van der Waals surface area contributed by atoms with Gasteiger partial charge in [-0.15, -0.1) is 0 Å². The summed E-state index contributed by atoms with van der Waals surface area (Å²) in [5, 5.41) is 6.23. The average molecular weight is 731 g/mol. The summed E-state index contributed by atoms with van der Waals surface area (Å²) in [5.41, 5.74) is 11.3. The van der Waals surface area contributed by atoms with Crippen LogP contribution in [0.15, 0.2) is 191 Å². The number of fused-ring (bicyclic) bond motifs is 9. The first-order chi connectivity index (χ1) is 28.2. The highest BCUT2D eigenvalue weighted by molar-refractivity contribution is 6.19.